The quantitative estimate of drug-likeness (QED) is 0.888. The molecule has 0 aromatic carbocycles. The number of anilines is 1. The molecule has 1 aliphatic rings. The third-order valence-corrected chi connectivity index (χ3v) is 4.99. The van der Waals surface area contributed by atoms with Gasteiger partial charge in [0.05, 0.1) is 0 Å². The Bertz CT molecular complexity index is 575. The van der Waals surface area contributed by atoms with Crippen molar-refractivity contribution >= 4 is 17.2 Å². The average Bonchev–Trinajstić information content (AvgIpc) is 2.81. The maximum absolute atomic E-state index is 5.83. The largest absolute Gasteiger partial charge is 0.370 e. The van der Waals surface area contributed by atoms with Crippen LogP contribution in [0.25, 0.3) is 0 Å². The number of aromatic nitrogens is 2. The van der Waals surface area contributed by atoms with Gasteiger partial charge >= 0.3 is 0 Å². The van der Waals surface area contributed by atoms with E-state index < -0.39 is 0 Å². The molecule has 1 fully saturated rings. The summed E-state index contributed by atoms with van der Waals surface area (Å²) in [5, 5.41) is 5.54. The van der Waals surface area contributed by atoms with Crippen molar-refractivity contribution in [1.82, 2.24) is 9.97 Å². The topological polar surface area (TPSA) is 63.8 Å². The fourth-order valence-corrected chi connectivity index (χ4v) is 3.47. The lowest BCUT2D eigenvalue weighted by atomic mass is 9.79. The Hall–Kier alpha value is -1.46. The zero-order valence-electron chi connectivity index (χ0n) is 11.7. The summed E-state index contributed by atoms with van der Waals surface area (Å²) in [6.07, 6.45) is 4.78. The molecule has 2 aromatic rings. The van der Waals surface area contributed by atoms with E-state index in [1.807, 2.05) is 11.3 Å². The first-order chi connectivity index (χ1) is 9.72. The summed E-state index contributed by atoms with van der Waals surface area (Å²) in [6, 6.07) is 4.59. The van der Waals surface area contributed by atoms with Gasteiger partial charge in [0.25, 0.3) is 0 Å². The van der Waals surface area contributed by atoms with Crippen molar-refractivity contribution in [2.45, 2.75) is 38.1 Å². The highest BCUT2D eigenvalue weighted by Gasteiger charge is 2.28. The number of nitrogens with zero attached hydrogens (tertiary/aromatic N) is 2. The van der Waals surface area contributed by atoms with Crippen LogP contribution in [-0.4, -0.2) is 22.6 Å². The Morgan fingerprint density at radius 1 is 1.40 bits per heavy atom. The van der Waals surface area contributed by atoms with Crippen molar-refractivity contribution in [2.75, 3.05) is 11.9 Å². The van der Waals surface area contributed by atoms with Gasteiger partial charge < -0.3 is 11.1 Å². The van der Waals surface area contributed by atoms with Gasteiger partial charge in [-0.2, -0.15) is 0 Å². The molecule has 4 nitrogen and oxygen atoms in total. The van der Waals surface area contributed by atoms with Crippen LogP contribution >= 0.6 is 11.3 Å². The van der Waals surface area contributed by atoms with Crippen molar-refractivity contribution in [3.05, 3.63) is 40.0 Å². The van der Waals surface area contributed by atoms with Gasteiger partial charge in [-0.25, -0.2) is 9.97 Å². The number of rotatable bonds is 5. The first-order valence-electron chi connectivity index (χ1n) is 7.06. The molecule has 0 saturated heterocycles. The van der Waals surface area contributed by atoms with E-state index in [2.05, 4.69) is 39.7 Å². The van der Waals surface area contributed by atoms with Crippen molar-refractivity contribution < 1.29 is 0 Å². The second-order valence-corrected chi connectivity index (χ2v) is 6.46. The van der Waals surface area contributed by atoms with Crippen LogP contribution < -0.4 is 11.1 Å². The molecule has 0 aliphatic heterocycles. The number of nitrogens with one attached hydrogen (secondary N) is 1. The molecule has 0 amide bonds. The van der Waals surface area contributed by atoms with Crippen LogP contribution in [0, 0.1) is 6.92 Å². The van der Waals surface area contributed by atoms with Gasteiger partial charge in [-0.05, 0) is 43.2 Å². The van der Waals surface area contributed by atoms with E-state index in [-0.39, 0.29) is 0 Å². The molecule has 20 heavy (non-hydrogen) atoms. The second-order valence-electron chi connectivity index (χ2n) is 5.46. The van der Waals surface area contributed by atoms with Crippen molar-refractivity contribution in [3.8, 4) is 0 Å². The third-order valence-electron chi connectivity index (χ3n) is 3.91. The molecule has 1 aliphatic carbocycles. The molecule has 0 spiro atoms. The van der Waals surface area contributed by atoms with Crippen LogP contribution in [0.5, 0.6) is 0 Å². The number of hydrogen-bond donors (Lipinski definition) is 2. The normalized spacial score (nSPS) is 21.5. The molecular formula is C15H20N4S. The van der Waals surface area contributed by atoms with Gasteiger partial charge in [0, 0.05) is 35.1 Å². The van der Waals surface area contributed by atoms with Crippen LogP contribution in [0.1, 0.15) is 34.9 Å². The maximum Gasteiger partial charge on any atom is 0.129 e. The number of nitrogens with two attached hydrogens (primary N) is 1. The zero-order chi connectivity index (χ0) is 13.9. The van der Waals surface area contributed by atoms with Gasteiger partial charge in [0.2, 0.25) is 0 Å². The summed E-state index contributed by atoms with van der Waals surface area (Å²) in [7, 11) is 0. The highest BCUT2D eigenvalue weighted by atomic mass is 32.1. The third kappa shape index (κ3) is 2.99. The van der Waals surface area contributed by atoms with Crippen molar-refractivity contribution in [1.29, 1.82) is 0 Å². The minimum atomic E-state index is 0.355. The van der Waals surface area contributed by atoms with E-state index in [1.165, 1.54) is 10.4 Å². The zero-order valence-corrected chi connectivity index (χ0v) is 12.5. The molecule has 106 valence electrons. The minimum absolute atomic E-state index is 0.355. The van der Waals surface area contributed by atoms with E-state index in [4.69, 9.17) is 5.73 Å². The molecule has 3 rings (SSSR count). The summed E-state index contributed by atoms with van der Waals surface area (Å²) >= 11 is 1.82. The summed E-state index contributed by atoms with van der Waals surface area (Å²) < 4.78 is 0. The molecule has 5 heteroatoms. The minimum Gasteiger partial charge on any atom is -0.370 e. The lowest BCUT2D eigenvalue weighted by Gasteiger charge is -2.31. The number of aryl methyl sites for hydroxylation is 1. The van der Waals surface area contributed by atoms with Gasteiger partial charge in [-0.1, -0.05) is 0 Å². The van der Waals surface area contributed by atoms with E-state index in [0.717, 1.165) is 37.3 Å². The summed E-state index contributed by atoms with van der Waals surface area (Å²) in [4.78, 5) is 10.1. The molecule has 0 radical (unpaired) electrons. The number of hydrogen-bond acceptors (Lipinski definition) is 5. The lowest BCUT2D eigenvalue weighted by molar-refractivity contribution is 0.345. The van der Waals surface area contributed by atoms with E-state index in [0.29, 0.717) is 12.0 Å². The Morgan fingerprint density at radius 2 is 2.25 bits per heavy atom. The van der Waals surface area contributed by atoms with E-state index in [1.54, 1.807) is 6.33 Å². The smallest absolute Gasteiger partial charge is 0.129 e. The van der Waals surface area contributed by atoms with E-state index in [9.17, 15) is 0 Å². The van der Waals surface area contributed by atoms with Crippen LogP contribution in [0.4, 0.5) is 5.82 Å². The fraction of sp³-hybridized carbons (Fsp3) is 0.467. The van der Waals surface area contributed by atoms with Gasteiger partial charge in [0.1, 0.15) is 12.1 Å². The summed E-state index contributed by atoms with van der Waals surface area (Å²) in [5.74, 6) is 1.44. The van der Waals surface area contributed by atoms with Crippen LogP contribution in [-0.2, 0) is 6.42 Å². The molecule has 0 atom stereocenters. The SMILES string of the molecule is Cc1ccsc1CCNc1cc(C2CC(N)C2)ncn1. The highest BCUT2D eigenvalue weighted by Crippen LogP contribution is 2.34. The van der Waals surface area contributed by atoms with E-state index >= 15 is 0 Å². The molecule has 0 bridgehead atoms. The number of thiophene rings is 1. The van der Waals surface area contributed by atoms with Crippen molar-refractivity contribution in [3.63, 3.8) is 0 Å². The molecular weight excluding hydrogens is 268 g/mol. The predicted octanol–water partition coefficient (Wildman–Crippen LogP) is 2.71. The highest BCUT2D eigenvalue weighted by molar-refractivity contribution is 7.10. The Labute approximate surface area is 123 Å². The van der Waals surface area contributed by atoms with Gasteiger partial charge in [-0.3, -0.25) is 0 Å². The molecule has 2 aromatic heterocycles. The second kappa shape index (κ2) is 5.89. The monoisotopic (exact) mass is 288 g/mol. The fourth-order valence-electron chi connectivity index (χ4n) is 2.56. The lowest BCUT2D eigenvalue weighted by Crippen LogP contribution is -2.35. The van der Waals surface area contributed by atoms with Gasteiger partial charge in [-0.15, -0.1) is 11.3 Å². The molecule has 1 saturated carbocycles. The molecule has 2 heterocycles. The van der Waals surface area contributed by atoms with Gasteiger partial charge in [0.15, 0.2) is 0 Å². The average molecular weight is 288 g/mol. The standard InChI is InChI=1S/C15H20N4S/c1-10-3-5-20-14(10)2-4-17-15-8-13(18-9-19-15)11-6-12(16)7-11/h3,5,8-9,11-12H,2,4,6-7,16H2,1H3,(H,17,18,19). The Balaban J connectivity index is 1.55. The maximum atomic E-state index is 5.83. The van der Waals surface area contributed by atoms with Crippen LogP contribution in [0.15, 0.2) is 23.8 Å². The molecule has 0 unspecified atom stereocenters. The summed E-state index contributed by atoms with van der Waals surface area (Å²) in [5.41, 5.74) is 8.34. The van der Waals surface area contributed by atoms with Crippen LogP contribution in [0.3, 0.4) is 0 Å². The first-order valence-corrected chi connectivity index (χ1v) is 7.94. The Morgan fingerprint density at radius 3 is 2.95 bits per heavy atom. The summed E-state index contributed by atoms with van der Waals surface area (Å²) in [6.45, 7) is 3.07. The van der Waals surface area contributed by atoms with Crippen LogP contribution in [0.2, 0.25) is 0 Å². The molecule has 3 N–H and O–H groups in total. The predicted molar refractivity (Wildman–Crippen MR) is 83.2 cm³/mol. The Kier molecular flexibility index (Phi) is 3.98. The van der Waals surface area contributed by atoms with Crippen molar-refractivity contribution in [2.24, 2.45) is 5.73 Å². The first kappa shape index (κ1) is 13.5.